The van der Waals surface area contributed by atoms with Gasteiger partial charge >= 0.3 is 0 Å². The Kier molecular flexibility index (Phi) is 6.03. The largest absolute Gasteiger partial charge is 0.414 e. The Labute approximate surface area is 99.0 Å². The van der Waals surface area contributed by atoms with E-state index in [1.165, 1.54) is 0 Å². The first kappa shape index (κ1) is 13.1. The maximum atomic E-state index is 5.60. The summed E-state index contributed by atoms with van der Waals surface area (Å²) < 4.78 is 15.8. The van der Waals surface area contributed by atoms with E-state index in [1.807, 2.05) is 30.3 Å². The van der Waals surface area contributed by atoms with Gasteiger partial charge in [0.25, 0.3) is 0 Å². The molecule has 0 saturated heterocycles. The van der Waals surface area contributed by atoms with Gasteiger partial charge in [-0.2, -0.15) is 0 Å². The molecule has 4 heteroatoms. The Balaban J connectivity index is 2.34. The zero-order chi connectivity index (χ0) is 11.8. The van der Waals surface area contributed by atoms with Gasteiger partial charge in [-0.1, -0.05) is 36.9 Å². The van der Waals surface area contributed by atoms with E-state index in [9.17, 15) is 0 Å². The first-order valence-electron chi connectivity index (χ1n) is 5.15. The van der Waals surface area contributed by atoms with Gasteiger partial charge in [-0.3, -0.25) is 0 Å². The molecular weight excluding hydrogens is 220 g/mol. The molecule has 0 unspecified atom stereocenters. The molecule has 0 N–H and O–H groups in total. The number of ether oxygens (including phenoxy) is 2. The van der Waals surface area contributed by atoms with Gasteiger partial charge in [0, 0.05) is 14.2 Å². The molecule has 0 bridgehead atoms. The Bertz CT molecular complexity index is 307. The van der Waals surface area contributed by atoms with Gasteiger partial charge in [0.1, 0.15) is 0 Å². The van der Waals surface area contributed by atoms with Gasteiger partial charge in [0.2, 0.25) is 9.76 Å². The van der Waals surface area contributed by atoms with Crippen molar-refractivity contribution in [3.8, 4) is 0 Å². The van der Waals surface area contributed by atoms with Crippen molar-refractivity contribution >= 4 is 15.8 Å². The monoisotopic (exact) mass is 238 g/mol. The Morgan fingerprint density at radius 3 is 2.38 bits per heavy atom. The molecule has 88 valence electrons. The molecular formula is C12H18O3Si. The summed E-state index contributed by atoms with van der Waals surface area (Å²) in [7, 11) is 2.46. The molecule has 0 aliphatic heterocycles. The minimum atomic E-state index is -0.798. The number of methoxy groups -OCH3 is 2. The summed E-state index contributed by atoms with van der Waals surface area (Å²) in [5.41, 5.74) is 2.27. The molecule has 1 rings (SSSR count). The highest BCUT2D eigenvalue weighted by molar-refractivity contribution is 6.28. The van der Waals surface area contributed by atoms with Crippen molar-refractivity contribution in [2.75, 3.05) is 14.2 Å². The zero-order valence-electron chi connectivity index (χ0n) is 9.81. The van der Waals surface area contributed by atoms with E-state index in [-0.39, 0.29) is 5.91 Å². The van der Waals surface area contributed by atoms with Crippen molar-refractivity contribution in [1.29, 1.82) is 0 Å². The normalized spacial score (nSPS) is 11.4. The summed E-state index contributed by atoms with van der Waals surface area (Å²) in [5, 5.41) is 0. The fraction of sp³-hybridized carbons (Fsp3) is 0.333. The molecule has 0 radical (unpaired) electrons. The van der Waals surface area contributed by atoms with Crippen LogP contribution >= 0.6 is 0 Å². The van der Waals surface area contributed by atoms with Crippen LogP contribution in [0, 0.1) is 0 Å². The van der Waals surface area contributed by atoms with E-state index in [4.69, 9.17) is 13.9 Å². The number of rotatable bonds is 7. The van der Waals surface area contributed by atoms with Crippen LogP contribution in [0.1, 0.15) is 11.1 Å². The molecule has 0 heterocycles. The van der Waals surface area contributed by atoms with Crippen LogP contribution in [0.2, 0.25) is 0 Å². The minimum Gasteiger partial charge on any atom is -0.414 e. The van der Waals surface area contributed by atoms with E-state index >= 15 is 0 Å². The molecule has 0 aliphatic carbocycles. The number of benzene rings is 1. The first-order valence-corrected chi connectivity index (χ1v) is 6.54. The molecule has 0 amide bonds. The third kappa shape index (κ3) is 4.28. The molecule has 0 saturated carbocycles. The van der Waals surface area contributed by atoms with Gasteiger partial charge in [0.15, 0.2) is 5.91 Å². The smallest absolute Gasteiger partial charge is 0.224 e. The van der Waals surface area contributed by atoms with Crippen molar-refractivity contribution in [2.24, 2.45) is 0 Å². The van der Waals surface area contributed by atoms with Crippen LogP contribution in [0.4, 0.5) is 0 Å². The van der Waals surface area contributed by atoms with E-state index in [0.717, 1.165) is 11.1 Å². The zero-order valence-corrected chi connectivity index (χ0v) is 11.2. The summed E-state index contributed by atoms with van der Waals surface area (Å²) in [5.74, 6) is -0.160. The topological polar surface area (TPSA) is 27.7 Å². The van der Waals surface area contributed by atoms with Crippen LogP contribution in [0.25, 0.3) is 6.08 Å². The minimum absolute atomic E-state index is 0.160. The van der Waals surface area contributed by atoms with Gasteiger partial charge in [0.05, 0.1) is 6.61 Å². The van der Waals surface area contributed by atoms with Crippen LogP contribution in [0.3, 0.4) is 0 Å². The van der Waals surface area contributed by atoms with Crippen molar-refractivity contribution in [2.45, 2.75) is 12.5 Å². The Morgan fingerprint density at radius 1 is 1.25 bits per heavy atom. The van der Waals surface area contributed by atoms with Gasteiger partial charge in [-0.15, -0.1) is 0 Å². The van der Waals surface area contributed by atoms with Gasteiger partial charge < -0.3 is 13.9 Å². The molecule has 1 aromatic carbocycles. The fourth-order valence-electron chi connectivity index (χ4n) is 1.26. The van der Waals surface area contributed by atoms with Crippen LogP contribution < -0.4 is 0 Å². The average molecular weight is 238 g/mol. The average Bonchev–Trinajstić information content (AvgIpc) is 2.35. The van der Waals surface area contributed by atoms with E-state index in [2.05, 4.69) is 6.58 Å². The predicted octanol–water partition coefficient (Wildman–Crippen LogP) is 1.51. The quantitative estimate of drug-likeness (QED) is 0.532. The standard InChI is InChI=1S/C12H18O3Si/c1-4-10-5-7-11(8-6-10)9-15-16-12(13-2)14-3/h4-8,12H,1,9,16H2,2-3H3. The summed E-state index contributed by atoms with van der Waals surface area (Å²) in [6.07, 6.45) is 1.82. The third-order valence-corrected chi connectivity index (χ3v) is 3.64. The Morgan fingerprint density at radius 2 is 1.88 bits per heavy atom. The fourth-order valence-corrected chi connectivity index (χ4v) is 2.07. The highest BCUT2D eigenvalue weighted by atomic mass is 28.2. The molecule has 3 nitrogen and oxygen atoms in total. The number of hydrogen-bond acceptors (Lipinski definition) is 3. The van der Waals surface area contributed by atoms with E-state index < -0.39 is 9.76 Å². The summed E-state index contributed by atoms with van der Waals surface area (Å²) in [4.78, 5) is 0. The molecule has 0 atom stereocenters. The SMILES string of the molecule is C=Cc1ccc(CO[SiH2]C(OC)OC)cc1. The van der Waals surface area contributed by atoms with Crippen molar-refractivity contribution in [1.82, 2.24) is 0 Å². The second-order valence-electron chi connectivity index (χ2n) is 3.36. The van der Waals surface area contributed by atoms with Crippen molar-refractivity contribution < 1.29 is 13.9 Å². The van der Waals surface area contributed by atoms with Crippen LogP contribution in [0.5, 0.6) is 0 Å². The molecule has 0 spiro atoms. The molecule has 1 aromatic rings. The lowest BCUT2D eigenvalue weighted by Crippen LogP contribution is -2.23. The third-order valence-electron chi connectivity index (χ3n) is 2.26. The molecule has 0 fully saturated rings. The second-order valence-corrected chi connectivity index (χ2v) is 4.77. The lowest BCUT2D eigenvalue weighted by atomic mass is 10.1. The highest BCUT2D eigenvalue weighted by Gasteiger charge is 2.05. The van der Waals surface area contributed by atoms with Crippen LogP contribution in [-0.2, 0) is 20.5 Å². The maximum absolute atomic E-state index is 5.60. The number of hydrogen-bond donors (Lipinski definition) is 0. The van der Waals surface area contributed by atoms with Gasteiger partial charge in [-0.05, 0) is 11.1 Å². The molecule has 16 heavy (non-hydrogen) atoms. The summed E-state index contributed by atoms with van der Waals surface area (Å²) in [6.45, 7) is 4.33. The highest BCUT2D eigenvalue weighted by Crippen LogP contribution is 2.06. The predicted molar refractivity (Wildman–Crippen MR) is 67.7 cm³/mol. The van der Waals surface area contributed by atoms with Crippen molar-refractivity contribution in [3.05, 3.63) is 42.0 Å². The Hall–Kier alpha value is -0.943. The lowest BCUT2D eigenvalue weighted by Gasteiger charge is -2.12. The van der Waals surface area contributed by atoms with Crippen LogP contribution in [0.15, 0.2) is 30.8 Å². The summed E-state index contributed by atoms with van der Waals surface area (Å²) in [6, 6.07) is 8.13. The summed E-state index contributed by atoms with van der Waals surface area (Å²) >= 11 is 0. The van der Waals surface area contributed by atoms with E-state index in [1.54, 1.807) is 14.2 Å². The van der Waals surface area contributed by atoms with Crippen molar-refractivity contribution in [3.63, 3.8) is 0 Å². The van der Waals surface area contributed by atoms with E-state index in [0.29, 0.717) is 6.61 Å². The molecule has 0 aliphatic rings. The second kappa shape index (κ2) is 7.35. The lowest BCUT2D eigenvalue weighted by molar-refractivity contribution is -0.0532. The molecule has 0 aromatic heterocycles. The van der Waals surface area contributed by atoms with Gasteiger partial charge in [-0.25, -0.2) is 0 Å². The first-order chi connectivity index (χ1) is 7.80. The van der Waals surface area contributed by atoms with Crippen LogP contribution in [-0.4, -0.2) is 29.9 Å². The maximum Gasteiger partial charge on any atom is 0.224 e.